The van der Waals surface area contributed by atoms with E-state index in [-0.39, 0.29) is 17.9 Å². The van der Waals surface area contributed by atoms with Crippen molar-refractivity contribution in [1.29, 1.82) is 0 Å². The summed E-state index contributed by atoms with van der Waals surface area (Å²) in [7, 11) is 0. The molecule has 0 radical (unpaired) electrons. The number of aliphatic hydroxyl groups excluding tert-OH is 1. The van der Waals surface area contributed by atoms with Gasteiger partial charge in [0.05, 0.1) is 13.2 Å². The van der Waals surface area contributed by atoms with Gasteiger partial charge in [-0.1, -0.05) is 12.8 Å². The molecule has 1 fully saturated rings. The molecule has 0 atom stereocenters. The summed E-state index contributed by atoms with van der Waals surface area (Å²) in [5.74, 6) is -1.40. The van der Waals surface area contributed by atoms with Crippen LogP contribution >= 0.6 is 0 Å². The SMILES string of the molecule is OCc1cc(F)c(OCC2CCCC2)c(F)c1. The van der Waals surface area contributed by atoms with E-state index in [1.165, 1.54) is 12.8 Å². The zero-order valence-electron chi connectivity index (χ0n) is 9.59. The number of aliphatic hydroxyl groups is 1. The molecule has 1 aromatic carbocycles. The topological polar surface area (TPSA) is 29.5 Å². The Bertz CT molecular complexity index is 364. The molecule has 2 rings (SSSR count). The minimum atomic E-state index is -0.743. The molecule has 0 unspecified atom stereocenters. The molecule has 0 aliphatic heterocycles. The smallest absolute Gasteiger partial charge is 0.190 e. The van der Waals surface area contributed by atoms with Crippen molar-refractivity contribution in [2.24, 2.45) is 5.92 Å². The van der Waals surface area contributed by atoms with E-state index in [9.17, 15) is 8.78 Å². The van der Waals surface area contributed by atoms with E-state index in [0.717, 1.165) is 25.0 Å². The third-order valence-electron chi connectivity index (χ3n) is 3.18. The van der Waals surface area contributed by atoms with Gasteiger partial charge in [0.15, 0.2) is 17.4 Å². The zero-order valence-corrected chi connectivity index (χ0v) is 9.59. The molecular weight excluding hydrogens is 226 g/mol. The van der Waals surface area contributed by atoms with Crippen molar-refractivity contribution in [3.8, 4) is 5.75 Å². The molecule has 2 nitrogen and oxygen atoms in total. The van der Waals surface area contributed by atoms with Gasteiger partial charge in [-0.05, 0) is 36.5 Å². The van der Waals surface area contributed by atoms with E-state index in [1.807, 2.05) is 0 Å². The van der Waals surface area contributed by atoms with Gasteiger partial charge in [0.2, 0.25) is 0 Å². The quantitative estimate of drug-likeness (QED) is 0.879. The van der Waals surface area contributed by atoms with E-state index in [0.29, 0.717) is 12.5 Å². The first kappa shape index (κ1) is 12.3. The Balaban J connectivity index is 2.04. The van der Waals surface area contributed by atoms with Crippen molar-refractivity contribution < 1.29 is 18.6 Å². The van der Waals surface area contributed by atoms with Crippen LogP contribution in [0.3, 0.4) is 0 Å². The lowest BCUT2D eigenvalue weighted by atomic mass is 10.1. The third kappa shape index (κ3) is 2.94. The predicted molar refractivity (Wildman–Crippen MR) is 59.7 cm³/mol. The molecule has 17 heavy (non-hydrogen) atoms. The van der Waals surface area contributed by atoms with Crippen molar-refractivity contribution in [2.75, 3.05) is 6.61 Å². The fraction of sp³-hybridized carbons (Fsp3) is 0.538. The second-order valence-electron chi connectivity index (χ2n) is 4.51. The summed E-state index contributed by atoms with van der Waals surface area (Å²) in [5.41, 5.74) is 0.216. The molecule has 1 saturated carbocycles. The highest BCUT2D eigenvalue weighted by Gasteiger charge is 2.18. The van der Waals surface area contributed by atoms with Crippen LogP contribution in [0.2, 0.25) is 0 Å². The standard InChI is InChI=1S/C13H16F2O2/c14-11-5-10(7-16)6-12(15)13(11)17-8-9-3-1-2-4-9/h5-6,9,16H,1-4,7-8H2. The van der Waals surface area contributed by atoms with E-state index in [4.69, 9.17) is 9.84 Å². The van der Waals surface area contributed by atoms with Gasteiger partial charge in [0, 0.05) is 0 Å². The molecule has 94 valence electrons. The van der Waals surface area contributed by atoms with E-state index in [1.54, 1.807) is 0 Å². The highest BCUT2D eigenvalue weighted by molar-refractivity contribution is 5.31. The second-order valence-corrected chi connectivity index (χ2v) is 4.51. The highest BCUT2D eigenvalue weighted by atomic mass is 19.1. The largest absolute Gasteiger partial charge is 0.487 e. The third-order valence-corrected chi connectivity index (χ3v) is 3.18. The summed E-state index contributed by atoms with van der Waals surface area (Å²) < 4.78 is 32.2. The fourth-order valence-corrected chi connectivity index (χ4v) is 2.22. The maximum absolute atomic E-state index is 13.5. The van der Waals surface area contributed by atoms with Crippen LogP contribution in [0.15, 0.2) is 12.1 Å². The Morgan fingerprint density at radius 2 is 1.76 bits per heavy atom. The minimum absolute atomic E-state index is 0.216. The van der Waals surface area contributed by atoms with Crippen LogP contribution in [0.5, 0.6) is 5.75 Å². The molecule has 1 aliphatic rings. The number of halogens is 2. The van der Waals surface area contributed by atoms with Gasteiger partial charge < -0.3 is 9.84 Å². The summed E-state index contributed by atoms with van der Waals surface area (Å²) >= 11 is 0. The number of benzene rings is 1. The molecule has 0 bridgehead atoms. The Morgan fingerprint density at radius 1 is 1.18 bits per heavy atom. The van der Waals surface area contributed by atoms with Gasteiger partial charge in [-0.2, -0.15) is 0 Å². The van der Waals surface area contributed by atoms with Crippen LogP contribution in [0.1, 0.15) is 31.2 Å². The van der Waals surface area contributed by atoms with Crippen LogP contribution in [-0.4, -0.2) is 11.7 Å². The van der Waals surface area contributed by atoms with Crippen molar-refractivity contribution in [3.63, 3.8) is 0 Å². The maximum atomic E-state index is 13.5. The predicted octanol–water partition coefficient (Wildman–Crippen LogP) is 3.03. The van der Waals surface area contributed by atoms with Gasteiger partial charge in [-0.15, -0.1) is 0 Å². The van der Waals surface area contributed by atoms with E-state index >= 15 is 0 Å². The first-order valence-electron chi connectivity index (χ1n) is 5.92. The van der Waals surface area contributed by atoms with Crippen molar-refractivity contribution >= 4 is 0 Å². The molecule has 0 aromatic heterocycles. The number of hydrogen-bond donors (Lipinski definition) is 1. The van der Waals surface area contributed by atoms with Gasteiger partial charge >= 0.3 is 0 Å². The summed E-state index contributed by atoms with van der Waals surface area (Å²) in [5, 5.41) is 8.81. The lowest BCUT2D eigenvalue weighted by Gasteiger charge is -2.13. The second kappa shape index (κ2) is 5.45. The molecule has 4 heteroatoms. The highest BCUT2D eigenvalue weighted by Crippen LogP contribution is 2.28. The normalized spacial score (nSPS) is 16.4. The Kier molecular flexibility index (Phi) is 3.94. The average Bonchev–Trinajstić information content (AvgIpc) is 2.80. The lowest BCUT2D eigenvalue weighted by molar-refractivity contribution is 0.230. The average molecular weight is 242 g/mol. The van der Waals surface area contributed by atoms with Crippen molar-refractivity contribution in [2.45, 2.75) is 32.3 Å². The van der Waals surface area contributed by atoms with Crippen LogP contribution in [0.25, 0.3) is 0 Å². The number of hydrogen-bond acceptors (Lipinski definition) is 2. The molecule has 0 amide bonds. The molecular formula is C13H16F2O2. The lowest BCUT2D eigenvalue weighted by Crippen LogP contribution is -2.10. The molecule has 1 aliphatic carbocycles. The van der Waals surface area contributed by atoms with Crippen LogP contribution in [0.4, 0.5) is 8.78 Å². The maximum Gasteiger partial charge on any atom is 0.190 e. The Morgan fingerprint density at radius 3 is 2.29 bits per heavy atom. The number of ether oxygens (including phenoxy) is 1. The Hall–Kier alpha value is -1.16. The summed E-state index contributed by atoms with van der Waals surface area (Å²) in [6.45, 7) is -0.0109. The van der Waals surface area contributed by atoms with E-state index < -0.39 is 11.6 Å². The van der Waals surface area contributed by atoms with Gasteiger partial charge in [0.1, 0.15) is 0 Å². The fourth-order valence-electron chi connectivity index (χ4n) is 2.22. The Labute approximate surface area is 99.2 Å². The van der Waals surface area contributed by atoms with Gasteiger partial charge in [0.25, 0.3) is 0 Å². The zero-order chi connectivity index (χ0) is 12.3. The summed E-state index contributed by atoms with van der Waals surface area (Å²) in [6, 6.07) is 2.21. The monoisotopic (exact) mass is 242 g/mol. The first-order chi connectivity index (χ1) is 8.20. The van der Waals surface area contributed by atoms with Crippen LogP contribution in [0, 0.1) is 17.6 Å². The molecule has 0 spiro atoms. The van der Waals surface area contributed by atoms with E-state index in [2.05, 4.69) is 0 Å². The van der Waals surface area contributed by atoms with Gasteiger partial charge in [-0.3, -0.25) is 0 Å². The van der Waals surface area contributed by atoms with Crippen molar-refractivity contribution in [1.82, 2.24) is 0 Å². The summed E-state index contributed by atoms with van der Waals surface area (Å²) in [4.78, 5) is 0. The molecule has 0 saturated heterocycles. The molecule has 0 heterocycles. The number of rotatable bonds is 4. The van der Waals surface area contributed by atoms with Crippen LogP contribution < -0.4 is 4.74 Å². The molecule has 1 aromatic rings. The van der Waals surface area contributed by atoms with Crippen molar-refractivity contribution in [3.05, 3.63) is 29.3 Å². The van der Waals surface area contributed by atoms with Crippen LogP contribution in [-0.2, 0) is 6.61 Å². The van der Waals surface area contributed by atoms with Gasteiger partial charge in [-0.25, -0.2) is 8.78 Å². The minimum Gasteiger partial charge on any atom is -0.487 e. The summed E-state index contributed by atoms with van der Waals surface area (Å²) in [6.07, 6.45) is 4.47. The molecule has 1 N–H and O–H groups in total. The first-order valence-corrected chi connectivity index (χ1v) is 5.92.